The standard InChI is InChI=1S/C20H21FN6O.ClH/c1-14-5-7-15(8-6-14)20-23-25-27(24-20)13-19(28)26-10-9-22-12-18(26)16-3-2-4-17(21)11-16;/h2-8,11,18,22H,9-10,12-13H2,1H3;1H. The highest BCUT2D eigenvalue weighted by Crippen LogP contribution is 2.23. The molecule has 2 heterocycles. The maximum atomic E-state index is 13.6. The second-order valence-corrected chi connectivity index (χ2v) is 6.87. The maximum Gasteiger partial charge on any atom is 0.246 e. The van der Waals surface area contributed by atoms with Crippen LogP contribution in [-0.2, 0) is 11.3 Å². The van der Waals surface area contributed by atoms with E-state index in [0.717, 1.165) is 16.7 Å². The highest BCUT2D eigenvalue weighted by Gasteiger charge is 2.28. The first-order valence-corrected chi connectivity index (χ1v) is 9.20. The molecule has 1 amide bonds. The number of rotatable bonds is 4. The van der Waals surface area contributed by atoms with E-state index < -0.39 is 0 Å². The summed E-state index contributed by atoms with van der Waals surface area (Å²) in [7, 11) is 0. The summed E-state index contributed by atoms with van der Waals surface area (Å²) in [5, 5.41) is 15.7. The molecule has 0 bridgehead atoms. The van der Waals surface area contributed by atoms with Gasteiger partial charge in [-0.3, -0.25) is 4.79 Å². The SMILES string of the molecule is Cc1ccc(-c2nnn(CC(=O)N3CCNCC3c3cccc(F)c3)n2)cc1.Cl. The van der Waals surface area contributed by atoms with Crippen molar-refractivity contribution in [1.82, 2.24) is 30.4 Å². The number of halogens is 2. The summed E-state index contributed by atoms with van der Waals surface area (Å²) >= 11 is 0. The summed E-state index contributed by atoms with van der Waals surface area (Å²) in [6, 6.07) is 14.0. The minimum Gasteiger partial charge on any atom is -0.331 e. The molecule has 9 heteroatoms. The molecule has 1 fully saturated rings. The van der Waals surface area contributed by atoms with Gasteiger partial charge in [0.15, 0.2) is 0 Å². The lowest BCUT2D eigenvalue weighted by Crippen LogP contribution is -2.49. The van der Waals surface area contributed by atoms with Gasteiger partial charge in [0.05, 0.1) is 6.04 Å². The van der Waals surface area contributed by atoms with Crippen molar-refractivity contribution in [2.24, 2.45) is 0 Å². The smallest absolute Gasteiger partial charge is 0.246 e. The van der Waals surface area contributed by atoms with Gasteiger partial charge in [-0.05, 0) is 29.8 Å². The molecule has 1 aromatic heterocycles. The fourth-order valence-corrected chi connectivity index (χ4v) is 3.35. The number of piperazine rings is 1. The molecule has 1 aliphatic heterocycles. The van der Waals surface area contributed by atoms with E-state index >= 15 is 0 Å². The Morgan fingerprint density at radius 3 is 2.79 bits per heavy atom. The van der Waals surface area contributed by atoms with Crippen molar-refractivity contribution in [3.63, 3.8) is 0 Å². The zero-order chi connectivity index (χ0) is 19.5. The van der Waals surface area contributed by atoms with Crippen molar-refractivity contribution in [2.45, 2.75) is 19.5 Å². The topological polar surface area (TPSA) is 75.9 Å². The monoisotopic (exact) mass is 416 g/mol. The number of aromatic nitrogens is 4. The number of hydrogen-bond donors (Lipinski definition) is 1. The van der Waals surface area contributed by atoms with Crippen molar-refractivity contribution in [3.05, 3.63) is 65.5 Å². The van der Waals surface area contributed by atoms with E-state index in [4.69, 9.17) is 0 Å². The molecule has 0 spiro atoms. The molecule has 2 aromatic carbocycles. The lowest BCUT2D eigenvalue weighted by Gasteiger charge is -2.36. The number of benzene rings is 2. The van der Waals surface area contributed by atoms with Gasteiger partial charge in [0.2, 0.25) is 11.7 Å². The van der Waals surface area contributed by atoms with Crippen molar-refractivity contribution in [1.29, 1.82) is 0 Å². The highest BCUT2D eigenvalue weighted by atomic mass is 35.5. The number of carbonyl (C=O) groups excluding carboxylic acids is 1. The Hall–Kier alpha value is -2.84. The number of carbonyl (C=O) groups is 1. The molecule has 1 N–H and O–H groups in total. The van der Waals surface area contributed by atoms with Gasteiger partial charge < -0.3 is 10.2 Å². The van der Waals surface area contributed by atoms with Crippen LogP contribution in [0.1, 0.15) is 17.2 Å². The molecule has 0 radical (unpaired) electrons. The van der Waals surface area contributed by atoms with Crippen molar-refractivity contribution in [2.75, 3.05) is 19.6 Å². The van der Waals surface area contributed by atoms with Gasteiger partial charge in [0, 0.05) is 25.2 Å². The molecule has 1 aliphatic rings. The second-order valence-electron chi connectivity index (χ2n) is 6.87. The van der Waals surface area contributed by atoms with Crippen LogP contribution in [0.4, 0.5) is 4.39 Å². The molecular weight excluding hydrogens is 395 g/mol. The van der Waals surface area contributed by atoms with E-state index in [1.807, 2.05) is 37.3 Å². The van der Waals surface area contributed by atoms with Crippen LogP contribution in [-0.4, -0.2) is 50.6 Å². The maximum absolute atomic E-state index is 13.6. The first-order valence-electron chi connectivity index (χ1n) is 9.20. The third kappa shape index (κ3) is 4.78. The molecule has 4 rings (SSSR count). The van der Waals surface area contributed by atoms with Gasteiger partial charge in [0.1, 0.15) is 12.4 Å². The van der Waals surface area contributed by atoms with Crippen molar-refractivity contribution in [3.8, 4) is 11.4 Å². The predicted molar refractivity (Wildman–Crippen MR) is 109 cm³/mol. The number of nitrogens with one attached hydrogen (secondary N) is 1. The number of nitrogens with zero attached hydrogens (tertiary/aromatic N) is 5. The van der Waals surface area contributed by atoms with E-state index in [1.54, 1.807) is 11.0 Å². The zero-order valence-corrected chi connectivity index (χ0v) is 16.8. The Morgan fingerprint density at radius 1 is 1.24 bits per heavy atom. The van der Waals surface area contributed by atoms with Gasteiger partial charge in [-0.15, -0.1) is 22.6 Å². The Morgan fingerprint density at radius 2 is 2.03 bits per heavy atom. The van der Waals surface area contributed by atoms with Crippen LogP contribution in [0.15, 0.2) is 48.5 Å². The second kappa shape index (κ2) is 9.11. The fourth-order valence-electron chi connectivity index (χ4n) is 3.35. The number of hydrogen-bond acceptors (Lipinski definition) is 5. The first-order chi connectivity index (χ1) is 13.6. The lowest BCUT2D eigenvalue weighted by atomic mass is 10.0. The summed E-state index contributed by atoms with van der Waals surface area (Å²) < 4.78 is 13.6. The molecule has 29 heavy (non-hydrogen) atoms. The molecule has 0 aliphatic carbocycles. The minimum absolute atomic E-state index is 0. The zero-order valence-electron chi connectivity index (χ0n) is 16.0. The summed E-state index contributed by atoms with van der Waals surface area (Å²) in [6.45, 7) is 3.81. The Labute approximate surface area is 174 Å². The van der Waals surface area contributed by atoms with E-state index in [9.17, 15) is 9.18 Å². The number of aryl methyl sites for hydroxylation is 1. The molecule has 7 nitrogen and oxygen atoms in total. The average Bonchev–Trinajstić information content (AvgIpc) is 3.17. The lowest BCUT2D eigenvalue weighted by molar-refractivity contribution is -0.135. The Balaban J connectivity index is 0.00000240. The van der Waals surface area contributed by atoms with Gasteiger partial charge in [-0.25, -0.2) is 4.39 Å². The van der Waals surface area contributed by atoms with Crippen LogP contribution < -0.4 is 5.32 Å². The Bertz CT molecular complexity index is 977. The summed E-state index contributed by atoms with van der Waals surface area (Å²) in [5.74, 6) is 0.0505. The van der Waals surface area contributed by atoms with Crippen LogP contribution in [0.2, 0.25) is 0 Å². The van der Waals surface area contributed by atoms with Crippen LogP contribution in [0.5, 0.6) is 0 Å². The third-order valence-corrected chi connectivity index (χ3v) is 4.84. The van der Waals surface area contributed by atoms with Gasteiger partial charge >= 0.3 is 0 Å². The minimum atomic E-state index is -0.309. The highest BCUT2D eigenvalue weighted by molar-refractivity contribution is 5.85. The normalized spacial score (nSPS) is 16.3. The molecule has 0 saturated carbocycles. The van der Waals surface area contributed by atoms with Crippen LogP contribution in [0, 0.1) is 12.7 Å². The Kier molecular flexibility index (Phi) is 6.56. The van der Waals surface area contributed by atoms with Crippen LogP contribution >= 0.6 is 12.4 Å². The van der Waals surface area contributed by atoms with Crippen molar-refractivity contribution >= 4 is 18.3 Å². The number of amides is 1. The van der Waals surface area contributed by atoms with Gasteiger partial charge in [-0.1, -0.05) is 42.0 Å². The average molecular weight is 417 g/mol. The predicted octanol–water partition coefficient (Wildman–Crippen LogP) is 2.38. The molecular formula is C20H22ClFN6O. The summed E-state index contributed by atoms with van der Waals surface area (Å²) in [6.07, 6.45) is 0. The van der Waals surface area contributed by atoms with Crippen LogP contribution in [0.25, 0.3) is 11.4 Å². The molecule has 1 unspecified atom stereocenters. The van der Waals surface area contributed by atoms with E-state index in [2.05, 4.69) is 20.7 Å². The fraction of sp³-hybridized carbons (Fsp3) is 0.300. The van der Waals surface area contributed by atoms with E-state index in [1.165, 1.54) is 16.9 Å². The van der Waals surface area contributed by atoms with Crippen molar-refractivity contribution < 1.29 is 9.18 Å². The quantitative estimate of drug-likeness (QED) is 0.706. The molecule has 3 aromatic rings. The molecule has 1 saturated heterocycles. The third-order valence-electron chi connectivity index (χ3n) is 4.84. The molecule has 1 atom stereocenters. The summed E-state index contributed by atoms with van der Waals surface area (Å²) in [4.78, 5) is 16.0. The largest absolute Gasteiger partial charge is 0.331 e. The van der Waals surface area contributed by atoms with E-state index in [0.29, 0.717) is 25.5 Å². The number of tetrazole rings is 1. The van der Waals surface area contributed by atoms with Crippen LogP contribution in [0.3, 0.4) is 0 Å². The first kappa shape index (κ1) is 20.9. The summed E-state index contributed by atoms with van der Waals surface area (Å²) in [5.41, 5.74) is 2.77. The molecule has 152 valence electrons. The van der Waals surface area contributed by atoms with Gasteiger partial charge in [0.25, 0.3) is 0 Å². The van der Waals surface area contributed by atoms with E-state index in [-0.39, 0.29) is 36.7 Å². The van der Waals surface area contributed by atoms with Gasteiger partial charge in [-0.2, -0.15) is 4.80 Å².